The van der Waals surface area contributed by atoms with E-state index in [1.165, 1.54) is 29.1 Å². The van der Waals surface area contributed by atoms with Gasteiger partial charge in [-0.25, -0.2) is 4.39 Å². The van der Waals surface area contributed by atoms with Gasteiger partial charge in [-0.15, -0.1) is 11.3 Å². The van der Waals surface area contributed by atoms with Crippen molar-refractivity contribution in [3.63, 3.8) is 0 Å². The Bertz CT molecular complexity index is 1100. The predicted octanol–water partition coefficient (Wildman–Crippen LogP) is 5.30. The maximum Gasteiger partial charge on any atom is 0.254 e. The third-order valence-corrected chi connectivity index (χ3v) is 6.84. The number of amides is 2. The number of halogens is 1. The SMILES string of the molecule is CC(C)(C)N(CC(=O)N1CCc2sccc2C1c1ccccc1)C(=O)c1ccc(F)cc1. The molecule has 1 aliphatic heterocycles. The van der Waals surface area contributed by atoms with Crippen molar-refractivity contribution >= 4 is 23.2 Å². The largest absolute Gasteiger partial charge is 0.330 e. The third kappa shape index (κ3) is 4.46. The molecule has 4 rings (SSSR count). The molecule has 166 valence electrons. The third-order valence-electron chi connectivity index (χ3n) is 5.84. The highest BCUT2D eigenvalue weighted by molar-refractivity contribution is 7.10. The van der Waals surface area contributed by atoms with E-state index in [0.717, 1.165) is 17.5 Å². The molecule has 2 aromatic carbocycles. The van der Waals surface area contributed by atoms with Gasteiger partial charge in [0.1, 0.15) is 12.4 Å². The fourth-order valence-corrected chi connectivity index (χ4v) is 5.07. The van der Waals surface area contributed by atoms with Crippen molar-refractivity contribution in [2.75, 3.05) is 13.1 Å². The van der Waals surface area contributed by atoms with Crippen LogP contribution in [-0.4, -0.2) is 40.2 Å². The van der Waals surface area contributed by atoms with E-state index >= 15 is 0 Å². The molecule has 2 amide bonds. The van der Waals surface area contributed by atoms with Crippen LogP contribution in [-0.2, 0) is 11.2 Å². The minimum Gasteiger partial charge on any atom is -0.330 e. The van der Waals surface area contributed by atoms with Crippen molar-refractivity contribution in [3.8, 4) is 0 Å². The molecule has 2 heterocycles. The maximum absolute atomic E-state index is 13.6. The number of nitrogens with zero attached hydrogens (tertiary/aromatic N) is 2. The molecule has 0 fully saturated rings. The number of benzene rings is 2. The standard InChI is InChI=1S/C26H27FN2O2S/c1-26(2,3)29(25(31)19-9-11-20(27)12-10-19)17-23(30)28-15-13-22-21(14-16-32-22)24(28)18-7-5-4-6-8-18/h4-12,14,16,24H,13,15,17H2,1-3H3. The Morgan fingerprint density at radius 1 is 1.06 bits per heavy atom. The lowest BCUT2D eigenvalue weighted by Gasteiger charge is -2.40. The highest BCUT2D eigenvalue weighted by Gasteiger charge is 2.36. The highest BCUT2D eigenvalue weighted by atomic mass is 32.1. The van der Waals surface area contributed by atoms with Crippen molar-refractivity contribution in [2.45, 2.75) is 38.8 Å². The number of fused-ring (bicyclic) bond motifs is 1. The first-order valence-electron chi connectivity index (χ1n) is 10.7. The van der Waals surface area contributed by atoms with E-state index in [1.807, 2.05) is 56.0 Å². The fraction of sp³-hybridized carbons (Fsp3) is 0.308. The van der Waals surface area contributed by atoms with Crippen LogP contribution in [0.3, 0.4) is 0 Å². The summed E-state index contributed by atoms with van der Waals surface area (Å²) in [4.78, 5) is 31.7. The van der Waals surface area contributed by atoms with Crippen LogP contribution in [0.2, 0.25) is 0 Å². The Balaban J connectivity index is 1.64. The van der Waals surface area contributed by atoms with Crippen LogP contribution >= 0.6 is 11.3 Å². The van der Waals surface area contributed by atoms with Gasteiger partial charge in [-0.05, 0) is 74.0 Å². The van der Waals surface area contributed by atoms with Crippen molar-refractivity contribution in [1.82, 2.24) is 9.80 Å². The Labute approximate surface area is 192 Å². The van der Waals surface area contributed by atoms with Crippen LogP contribution < -0.4 is 0 Å². The molecule has 3 aromatic rings. The predicted molar refractivity (Wildman–Crippen MR) is 125 cm³/mol. The number of rotatable bonds is 4. The first-order valence-corrected chi connectivity index (χ1v) is 11.6. The summed E-state index contributed by atoms with van der Waals surface area (Å²) >= 11 is 1.73. The zero-order valence-electron chi connectivity index (χ0n) is 18.5. The zero-order chi connectivity index (χ0) is 22.9. The molecular formula is C26H27FN2O2S. The van der Waals surface area contributed by atoms with Crippen LogP contribution in [0.5, 0.6) is 0 Å². The Kier molecular flexibility index (Phi) is 6.15. The van der Waals surface area contributed by atoms with E-state index in [2.05, 4.69) is 11.4 Å². The van der Waals surface area contributed by atoms with E-state index in [1.54, 1.807) is 16.2 Å². The molecule has 0 radical (unpaired) electrons. The summed E-state index contributed by atoms with van der Waals surface area (Å²) in [6, 6.07) is 17.4. The number of carbonyl (C=O) groups is 2. The van der Waals surface area contributed by atoms with E-state index in [9.17, 15) is 14.0 Å². The highest BCUT2D eigenvalue weighted by Crippen LogP contribution is 2.38. The number of carbonyl (C=O) groups excluding carboxylic acids is 2. The molecule has 0 N–H and O–H groups in total. The molecule has 1 atom stereocenters. The van der Waals surface area contributed by atoms with Crippen LogP contribution in [0, 0.1) is 5.82 Å². The van der Waals surface area contributed by atoms with Gasteiger partial charge in [0.2, 0.25) is 5.91 Å². The molecule has 6 heteroatoms. The molecule has 0 spiro atoms. The molecular weight excluding hydrogens is 423 g/mol. The Morgan fingerprint density at radius 3 is 2.41 bits per heavy atom. The lowest BCUT2D eigenvalue weighted by atomic mass is 9.93. The normalized spacial score (nSPS) is 15.9. The topological polar surface area (TPSA) is 40.6 Å². The average Bonchev–Trinajstić information content (AvgIpc) is 3.25. The fourth-order valence-electron chi connectivity index (χ4n) is 4.17. The number of hydrogen-bond acceptors (Lipinski definition) is 3. The Hall–Kier alpha value is -2.99. The Morgan fingerprint density at radius 2 is 1.75 bits per heavy atom. The van der Waals surface area contributed by atoms with Gasteiger partial charge in [0.05, 0.1) is 6.04 Å². The molecule has 32 heavy (non-hydrogen) atoms. The van der Waals surface area contributed by atoms with Crippen molar-refractivity contribution in [3.05, 3.63) is 93.4 Å². The number of hydrogen-bond donors (Lipinski definition) is 0. The molecule has 0 saturated carbocycles. The van der Waals surface area contributed by atoms with Crippen LogP contribution in [0.25, 0.3) is 0 Å². The summed E-state index contributed by atoms with van der Waals surface area (Å²) in [5.41, 5.74) is 2.01. The van der Waals surface area contributed by atoms with Gasteiger partial charge in [0.15, 0.2) is 0 Å². The zero-order valence-corrected chi connectivity index (χ0v) is 19.4. The minimum absolute atomic E-state index is 0.0392. The van der Waals surface area contributed by atoms with E-state index < -0.39 is 11.4 Å². The summed E-state index contributed by atoms with van der Waals surface area (Å²) in [7, 11) is 0. The van der Waals surface area contributed by atoms with Gasteiger partial charge >= 0.3 is 0 Å². The molecule has 4 nitrogen and oxygen atoms in total. The van der Waals surface area contributed by atoms with Crippen LogP contribution in [0.15, 0.2) is 66.0 Å². The second-order valence-corrected chi connectivity index (χ2v) is 10.0. The summed E-state index contributed by atoms with van der Waals surface area (Å²) in [6.45, 7) is 6.29. The quantitative estimate of drug-likeness (QED) is 0.541. The second-order valence-electron chi connectivity index (χ2n) is 9.02. The van der Waals surface area contributed by atoms with Gasteiger partial charge in [-0.3, -0.25) is 9.59 Å². The number of thiophene rings is 1. The van der Waals surface area contributed by atoms with Gasteiger partial charge in [-0.1, -0.05) is 30.3 Å². The van der Waals surface area contributed by atoms with Crippen molar-refractivity contribution < 1.29 is 14.0 Å². The lowest BCUT2D eigenvalue weighted by molar-refractivity contribution is -0.135. The van der Waals surface area contributed by atoms with Crippen molar-refractivity contribution in [1.29, 1.82) is 0 Å². The first kappa shape index (κ1) is 22.2. The monoisotopic (exact) mass is 450 g/mol. The van der Waals surface area contributed by atoms with Crippen LogP contribution in [0.4, 0.5) is 4.39 Å². The summed E-state index contributed by atoms with van der Waals surface area (Å²) < 4.78 is 13.4. The maximum atomic E-state index is 13.6. The molecule has 0 bridgehead atoms. The van der Waals surface area contributed by atoms with Gasteiger partial charge in [-0.2, -0.15) is 0 Å². The van der Waals surface area contributed by atoms with Crippen molar-refractivity contribution in [2.24, 2.45) is 0 Å². The molecule has 1 aliphatic rings. The summed E-state index contributed by atoms with van der Waals surface area (Å²) in [6.07, 6.45) is 0.809. The molecule has 1 aromatic heterocycles. The van der Waals surface area contributed by atoms with Gasteiger partial charge in [0, 0.05) is 22.5 Å². The molecule has 0 aliphatic carbocycles. The van der Waals surface area contributed by atoms with Crippen LogP contribution in [0.1, 0.15) is 53.2 Å². The minimum atomic E-state index is -0.577. The smallest absolute Gasteiger partial charge is 0.254 e. The molecule has 0 saturated heterocycles. The summed E-state index contributed by atoms with van der Waals surface area (Å²) in [5.74, 6) is -0.776. The van der Waals surface area contributed by atoms with Gasteiger partial charge < -0.3 is 9.80 Å². The lowest BCUT2D eigenvalue weighted by Crippen LogP contribution is -2.52. The van der Waals surface area contributed by atoms with E-state index in [4.69, 9.17) is 0 Å². The van der Waals surface area contributed by atoms with Gasteiger partial charge in [0.25, 0.3) is 5.91 Å². The summed E-state index contributed by atoms with van der Waals surface area (Å²) in [5, 5.41) is 2.08. The molecule has 1 unspecified atom stereocenters. The van der Waals surface area contributed by atoms with E-state index in [-0.39, 0.29) is 24.4 Å². The van der Waals surface area contributed by atoms with E-state index in [0.29, 0.717) is 12.1 Å². The second kappa shape index (κ2) is 8.87. The average molecular weight is 451 g/mol. The first-order chi connectivity index (χ1) is 15.3.